The minimum absolute atomic E-state index is 0.00914. The largest absolute Gasteiger partial charge is 0.508 e. The molecule has 0 saturated carbocycles. The molecule has 18 heavy (non-hydrogen) atoms. The van der Waals surface area contributed by atoms with E-state index in [1.807, 2.05) is 20.8 Å². The molecule has 0 spiro atoms. The molecule has 0 aliphatic carbocycles. The first kappa shape index (κ1) is 14.9. The molecule has 0 heterocycles. The van der Waals surface area contributed by atoms with Gasteiger partial charge in [0.1, 0.15) is 5.75 Å². The third-order valence-corrected chi connectivity index (χ3v) is 2.78. The molecule has 4 N–H and O–H groups in total. The number of hydroxylamine groups is 2. The molecule has 0 aliphatic heterocycles. The summed E-state index contributed by atoms with van der Waals surface area (Å²) in [5, 5.41) is 39.3. The van der Waals surface area contributed by atoms with E-state index in [1.165, 1.54) is 12.1 Å². The topological polar surface area (TPSA) is 84.2 Å². The number of hydrogen-bond donors (Lipinski definition) is 4. The van der Waals surface area contributed by atoms with E-state index in [1.54, 1.807) is 6.07 Å². The van der Waals surface area contributed by atoms with Crippen LogP contribution in [0.25, 0.3) is 0 Å². The summed E-state index contributed by atoms with van der Waals surface area (Å²) in [6, 6.07) is 4.51. The fourth-order valence-corrected chi connectivity index (χ4v) is 1.48. The van der Waals surface area contributed by atoms with E-state index in [9.17, 15) is 15.4 Å². The summed E-state index contributed by atoms with van der Waals surface area (Å²) in [6.07, 6.45) is -0.889. The molecule has 1 aromatic carbocycles. The van der Waals surface area contributed by atoms with Crippen molar-refractivity contribution in [3.8, 4) is 5.75 Å². The Morgan fingerprint density at radius 2 is 1.89 bits per heavy atom. The maximum absolute atomic E-state index is 10.0. The van der Waals surface area contributed by atoms with Crippen LogP contribution in [0.15, 0.2) is 18.2 Å². The second-order valence-corrected chi connectivity index (χ2v) is 5.31. The molecule has 0 amide bonds. The first-order valence-corrected chi connectivity index (χ1v) is 5.83. The first-order valence-electron chi connectivity index (χ1n) is 5.83. The number of nitrogens with zero attached hydrogens (tertiary/aromatic N) is 1. The van der Waals surface area contributed by atoms with Crippen LogP contribution in [0, 0.1) is 0 Å². The lowest BCUT2D eigenvalue weighted by Crippen LogP contribution is -2.41. The molecule has 5 nitrogen and oxygen atoms in total. The van der Waals surface area contributed by atoms with Crippen LogP contribution >= 0.6 is 0 Å². The van der Waals surface area contributed by atoms with Gasteiger partial charge >= 0.3 is 0 Å². The van der Waals surface area contributed by atoms with Gasteiger partial charge in [-0.3, -0.25) is 0 Å². The second-order valence-electron chi connectivity index (χ2n) is 5.31. The van der Waals surface area contributed by atoms with Gasteiger partial charge in [-0.25, -0.2) is 0 Å². The van der Waals surface area contributed by atoms with Gasteiger partial charge in [0.25, 0.3) is 0 Å². The highest BCUT2D eigenvalue weighted by molar-refractivity contribution is 5.36. The summed E-state index contributed by atoms with van der Waals surface area (Å²) in [5.41, 5.74) is 0.435. The molecule has 0 unspecified atom stereocenters. The highest BCUT2D eigenvalue weighted by atomic mass is 16.5. The number of aromatic hydroxyl groups is 1. The summed E-state index contributed by atoms with van der Waals surface area (Å²) in [4.78, 5) is 0. The molecular formula is C13H21NO4. The number of aliphatic hydroxyl groups excluding tert-OH is 2. The van der Waals surface area contributed by atoms with Gasteiger partial charge in [0.15, 0.2) is 0 Å². The Bertz CT molecular complexity index is 400. The van der Waals surface area contributed by atoms with E-state index in [0.717, 1.165) is 5.06 Å². The molecule has 102 valence electrons. The predicted octanol–water partition coefficient (Wildman–Crippen LogP) is 1.41. The monoisotopic (exact) mass is 255 g/mol. The highest BCUT2D eigenvalue weighted by Crippen LogP contribution is 2.24. The molecular weight excluding hydrogens is 234 g/mol. The zero-order valence-electron chi connectivity index (χ0n) is 11.0. The lowest BCUT2D eigenvalue weighted by molar-refractivity contribution is -0.172. The minimum atomic E-state index is -0.889. The van der Waals surface area contributed by atoms with Crippen molar-refractivity contribution in [3.63, 3.8) is 0 Å². The van der Waals surface area contributed by atoms with Crippen molar-refractivity contribution >= 4 is 0 Å². The standard InChI is InChI=1S/C13H21NO4/c1-13(2,3)14(18)7-12(17)9-4-5-11(16)10(6-9)8-15/h4-6,12,15-18H,7-8H2,1-3H3/t12-/m1/s1. The highest BCUT2D eigenvalue weighted by Gasteiger charge is 2.23. The minimum Gasteiger partial charge on any atom is -0.508 e. The quantitative estimate of drug-likeness (QED) is 0.611. The van der Waals surface area contributed by atoms with Crippen LogP contribution in [0.1, 0.15) is 38.0 Å². The van der Waals surface area contributed by atoms with Crippen LogP contribution in [0.4, 0.5) is 0 Å². The maximum atomic E-state index is 10.0. The number of phenols is 1. The van der Waals surface area contributed by atoms with E-state index in [0.29, 0.717) is 11.1 Å². The molecule has 0 saturated heterocycles. The molecule has 1 atom stereocenters. The van der Waals surface area contributed by atoms with E-state index in [-0.39, 0.29) is 18.9 Å². The summed E-state index contributed by atoms with van der Waals surface area (Å²) in [5.74, 6) is -0.00914. The molecule has 1 aromatic rings. The van der Waals surface area contributed by atoms with Crippen molar-refractivity contribution in [1.29, 1.82) is 0 Å². The number of rotatable bonds is 4. The Morgan fingerprint density at radius 1 is 1.28 bits per heavy atom. The zero-order chi connectivity index (χ0) is 13.9. The fourth-order valence-electron chi connectivity index (χ4n) is 1.48. The number of benzene rings is 1. The number of β-amino-alcohol motifs (C(OH)–C–C–N with tert-alkyl or cyclic N) is 1. The molecule has 1 rings (SSSR count). The first-order chi connectivity index (χ1) is 8.25. The Morgan fingerprint density at radius 3 is 2.39 bits per heavy atom. The van der Waals surface area contributed by atoms with Gasteiger partial charge in [0.2, 0.25) is 0 Å². The van der Waals surface area contributed by atoms with E-state index in [2.05, 4.69) is 0 Å². The van der Waals surface area contributed by atoms with Crippen molar-refractivity contribution in [2.24, 2.45) is 0 Å². The van der Waals surface area contributed by atoms with Crippen molar-refractivity contribution in [1.82, 2.24) is 5.06 Å². The second kappa shape index (κ2) is 5.67. The molecule has 0 bridgehead atoms. The number of hydrogen-bond acceptors (Lipinski definition) is 5. The van der Waals surface area contributed by atoms with Gasteiger partial charge in [-0.15, -0.1) is 0 Å². The summed E-state index contributed by atoms with van der Waals surface area (Å²) >= 11 is 0. The zero-order valence-corrected chi connectivity index (χ0v) is 11.0. The van der Waals surface area contributed by atoms with Gasteiger partial charge in [-0.05, 0) is 38.5 Å². The van der Waals surface area contributed by atoms with Crippen LogP contribution in [0.5, 0.6) is 5.75 Å². The average Bonchev–Trinajstić information content (AvgIpc) is 2.28. The van der Waals surface area contributed by atoms with E-state index >= 15 is 0 Å². The molecule has 5 heteroatoms. The maximum Gasteiger partial charge on any atom is 0.121 e. The molecule has 0 aromatic heterocycles. The van der Waals surface area contributed by atoms with Crippen molar-refractivity contribution < 1.29 is 20.5 Å². The average molecular weight is 255 g/mol. The van der Waals surface area contributed by atoms with Gasteiger partial charge in [0, 0.05) is 11.1 Å². The van der Waals surface area contributed by atoms with Crippen LogP contribution in [0.3, 0.4) is 0 Å². The normalized spacial score (nSPS) is 13.9. The van der Waals surface area contributed by atoms with Crippen LogP contribution in [-0.2, 0) is 6.61 Å². The van der Waals surface area contributed by atoms with E-state index in [4.69, 9.17) is 5.11 Å². The van der Waals surface area contributed by atoms with Crippen molar-refractivity contribution in [3.05, 3.63) is 29.3 Å². The van der Waals surface area contributed by atoms with Gasteiger partial charge in [-0.2, -0.15) is 5.06 Å². The van der Waals surface area contributed by atoms with Crippen LogP contribution < -0.4 is 0 Å². The third-order valence-electron chi connectivity index (χ3n) is 2.78. The van der Waals surface area contributed by atoms with Gasteiger partial charge in [-0.1, -0.05) is 6.07 Å². The predicted molar refractivity (Wildman–Crippen MR) is 67.2 cm³/mol. The summed E-state index contributed by atoms with van der Waals surface area (Å²) < 4.78 is 0. The van der Waals surface area contributed by atoms with Gasteiger partial charge in [0.05, 0.1) is 19.3 Å². The lowest BCUT2D eigenvalue weighted by atomic mass is 10.0. The summed E-state index contributed by atoms with van der Waals surface area (Å²) in [7, 11) is 0. The molecule has 0 aliphatic rings. The lowest BCUT2D eigenvalue weighted by Gasteiger charge is -2.31. The smallest absolute Gasteiger partial charge is 0.121 e. The number of aliphatic hydroxyl groups is 2. The van der Waals surface area contributed by atoms with Crippen LogP contribution in [-0.4, -0.2) is 37.7 Å². The van der Waals surface area contributed by atoms with E-state index < -0.39 is 11.6 Å². The third kappa shape index (κ3) is 3.68. The fraction of sp³-hybridized carbons (Fsp3) is 0.538. The Hall–Kier alpha value is -1.14. The van der Waals surface area contributed by atoms with Gasteiger partial charge < -0.3 is 20.5 Å². The van der Waals surface area contributed by atoms with Crippen molar-refractivity contribution in [2.45, 2.75) is 39.0 Å². The SMILES string of the molecule is CC(C)(C)N(O)C[C@@H](O)c1ccc(O)c(CO)c1. The Balaban J connectivity index is 2.81. The van der Waals surface area contributed by atoms with Crippen LogP contribution in [0.2, 0.25) is 0 Å². The molecule has 0 radical (unpaired) electrons. The Kier molecular flexibility index (Phi) is 4.70. The molecule has 0 fully saturated rings. The van der Waals surface area contributed by atoms with Crippen molar-refractivity contribution in [2.75, 3.05) is 6.54 Å². The summed E-state index contributed by atoms with van der Waals surface area (Å²) in [6.45, 7) is 5.24. The Labute approximate surface area is 107 Å².